The van der Waals surface area contributed by atoms with Crippen LogP contribution in [0.25, 0.3) is 6.08 Å². The maximum Gasteiger partial charge on any atom is 0.200 e. The molecule has 0 radical (unpaired) electrons. The second-order valence-electron chi connectivity index (χ2n) is 8.62. The van der Waals surface area contributed by atoms with Gasteiger partial charge in [-0.05, 0) is 82.7 Å². The fourth-order valence-corrected chi connectivity index (χ4v) is 3.66. The van der Waals surface area contributed by atoms with Crippen molar-refractivity contribution >= 4 is 11.9 Å². The monoisotopic (exact) mass is 478 g/mol. The molecule has 0 fully saturated rings. The Morgan fingerprint density at radius 3 is 2.54 bits per heavy atom. The van der Waals surface area contributed by atoms with Crippen LogP contribution >= 0.6 is 0 Å². The first-order chi connectivity index (χ1) is 16.8. The van der Waals surface area contributed by atoms with Gasteiger partial charge < -0.3 is 24.1 Å². The molecule has 3 rings (SSSR count). The quantitative estimate of drug-likeness (QED) is 0.319. The summed E-state index contributed by atoms with van der Waals surface area (Å²) in [5.41, 5.74) is 2.31. The molecule has 6 nitrogen and oxygen atoms in total. The Morgan fingerprint density at radius 1 is 1.06 bits per heavy atom. The number of benzene rings is 2. The third-order valence-corrected chi connectivity index (χ3v) is 5.49. The number of aliphatic hydroxyl groups is 1. The van der Waals surface area contributed by atoms with Crippen LogP contribution in [-0.2, 0) is 6.61 Å². The highest BCUT2D eigenvalue weighted by molar-refractivity contribution is 5.98. The minimum atomic E-state index is -0.445. The Kier molecular flexibility index (Phi) is 8.77. The molecule has 0 atom stereocenters. The highest BCUT2D eigenvalue weighted by atomic mass is 16.5. The summed E-state index contributed by atoms with van der Waals surface area (Å²) in [5, 5.41) is 9.82. The Balaban J connectivity index is 1.81. The number of fused-ring (bicyclic) bond motifs is 1. The number of carbonyl (C=O) groups excluding carboxylic acids is 1. The Labute approximate surface area is 207 Å². The zero-order valence-electron chi connectivity index (χ0n) is 21.1. The number of hydrogen-bond acceptors (Lipinski definition) is 6. The lowest BCUT2D eigenvalue weighted by Crippen LogP contribution is -2.27. The molecule has 2 aromatic carbocycles. The number of ketones is 1. The molecule has 186 valence electrons. The molecule has 2 aromatic rings. The van der Waals surface area contributed by atoms with Crippen LogP contribution in [0.15, 0.2) is 60.2 Å². The van der Waals surface area contributed by atoms with E-state index in [1.165, 1.54) is 0 Å². The average Bonchev–Trinajstić information content (AvgIpc) is 2.84. The fourth-order valence-electron chi connectivity index (χ4n) is 3.66. The summed E-state index contributed by atoms with van der Waals surface area (Å²) in [5.74, 6) is 1.94. The van der Waals surface area contributed by atoms with Gasteiger partial charge in [-0.15, -0.1) is 0 Å². The van der Waals surface area contributed by atoms with Crippen LogP contribution in [0.2, 0.25) is 0 Å². The maximum atomic E-state index is 13.1. The Hall–Kier alpha value is -3.51. The first-order valence-electron chi connectivity index (χ1n) is 11.8. The van der Waals surface area contributed by atoms with Crippen molar-refractivity contribution in [3.05, 3.63) is 76.9 Å². The van der Waals surface area contributed by atoms with Crippen LogP contribution in [-0.4, -0.2) is 36.3 Å². The predicted molar refractivity (Wildman–Crippen MR) is 138 cm³/mol. The van der Waals surface area contributed by atoms with Crippen molar-refractivity contribution in [3.8, 4) is 23.0 Å². The zero-order chi connectivity index (χ0) is 25.4. The number of aliphatic hydroxyl groups excluding tert-OH is 1. The van der Waals surface area contributed by atoms with E-state index in [9.17, 15) is 9.90 Å². The first kappa shape index (κ1) is 26.1. The lowest BCUT2D eigenvalue weighted by molar-refractivity contribution is 0.0917. The van der Waals surface area contributed by atoms with Gasteiger partial charge in [-0.1, -0.05) is 18.2 Å². The molecule has 1 heterocycles. The van der Waals surface area contributed by atoms with Crippen molar-refractivity contribution in [3.63, 3.8) is 0 Å². The third kappa shape index (κ3) is 6.55. The topological polar surface area (TPSA) is 74.2 Å². The van der Waals surface area contributed by atoms with E-state index in [1.807, 2.05) is 71.1 Å². The minimum Gasteiger partial charge on any atom is -0.490 e. The lowest BCUT2D eigenvalue weighted by atomic mass is 9.99. The van der Waals surface area contributed by atoms with Gasteiger partial charge in [0.1, 0.15) is 23.7 Å². The molecule has 0 saturated heterocycles. The van der Waals surface area contributed by atoms with Crippen LogP contribution in [0.5, 0.6) is 23.0 Å². The van der Waals surface area contributed by atoms with Crippen molar-refractivity contribution in [2.45, 2.75) is 46.8 Å². The fraction of sp³-hybridized carbons (Fsp3) is 0.345. The van der Waals surface area contributed by atoms with Crippen molar-refractivity contribution in [2.24, 2.45) is 0 Å². The van der Waals surface area contributed by atoms with Crippen LogP contribution < -0.4 is 18.9 Å². The summed E-state index contributed by atoms with van der Waals surface area (Å²) in [7, 11) is 0. The van der Waals surface area contributed by atoms with E-state index in [0.29, 0.717) is 52.9 Å². The van der Waals surface area contributed by atoms with Gasteiger partial charge in [0.15, 0.2) is 23.9 Å². The molecule has 0 aromatic heterocycles. The summed E-state index contributed by atoms with van der Waals surface area (Å²) >= 11 is 0. The number of carbonyl (C=O) groups is 1. The summed E-state index contributed by atoms with van der Waals surface area (Å²) < 4.78 is 23.6. The van der Waals surface area contributed by atoms with Crippen LogP contribution in [0.4, 0.5) is 0 Å². The molecule has 0 aliphatic carbocycles. The molecular weight excluding hydrogens is 444 g/mol. The van der Waals surface area contributed by atoms with Crippen LogP contribution in [0.1, 0.15) is 56.1 Å². The SMILES string of the molecule is C/C=C\C(=C/C)COc1cc(C(=O)COc2c(CO)ccc3c2C=CC(C)(C)O3)ccc1OCC. The Morgan fingerprint density at radius 2 is 1.86 bits per heavy atom. The lowest BCUT2D eigenvalue weighted by Gasteiger charge is -2.29. The largest absolute Gasteiger partial charge is 0.490 e. The molecule has 1 aliphatic rings. The van der Waals surface area contributed by atoms with Crippen molar-refractivity contribution in [1.29, 1.82) is 0 Å². The number of Topliss-reactive ketones (excluding diaryl/α,β-unsaturated/α-hetero) is 1. The molecule has 0 spiro atoms. The highest BCUT2D eigenvalue weighted by Gasteiger charge is 2.25. The molecule has 6 heteroatoms. The summed E-state index contributed by atoms with van der Waals surface area (Å²) in [6.45, 7) is 10.1. The molecule has 35 heavy (non-hydrogen) atoms. The molecule has 0 saturated carbocycles. The van der Waals surface area contributed by atoms with Crippen molar-refractivity contribution in [1.82, 2.24) is 0 Å². The van der Waals surface area contributed by atoms with E-state index in [2.05, 4.69) is 0 Å². The third-order valence-electron chi connectivity index (χ3n) is 5.49. The van der Waals surface area contributed by atoms with Gasteiger partial charge >= 0.3 is 0 Å². The van der Waals surface area contributed by atoms with E-state index in [1.54, 1.807) is 24.3 Å². The predicted octanol–water partition coefficient (Wildman–Crippen LogP) is 5.92. The van der Waals surface area contributed by atoms with E-state index < -0.39 is 5.60 Å². The summed E-state index contributed by atoms with van der Waals surface area (Å²) in [4.78, 5) is 13.1. The van der Waals surface area contributed by atoms with E-state index in [4.69, 9.17) is 18.9 Å². The second-order valence-corrected chi connectivity index (χ2v) is 8.62. The number of allylic oxidation sites excluding steroid dienone is 2. The van der Waals surface area contributed by atoms with Crippen LogP contribution in [0, 0.1) is 0 Å². The van der Waals surface area contributed by atoms with Crippen molar-refractivity contribution < 1.29 is 28.8 Å². The Bertz CT molecular complexity index is 1140. The van der Waals surface area contributed by atoms with Gasteiger partial charge in [-0.3, -0.25) is 4.79 Å². The van der Waals surface area contributed by atoms with Gasteiger partial charge in [0.05, 0.1) is 18.8 Å². The highest BCUT2D eigenvalue weighted by Crippen LogP contribution is 2.39. The van der Waals surface area contributed by atoms with Gasteiger partial charge in [-0.25, -0.2) is 0 Å². The van der Waals surface area contributed by atoms with E-state index in [0.717, 1.165) is 5.57 Å². The molecule has 0 bridgehead atoms. The molecular formula is C29H34O6. The molecule has 0 amide bonds. The number of hydrogen-bond donors (Lipinski definition) is 1. The van der Waals surface area contributed by atoms with Crippen LogP contribution in [0.3, 0.4) is 0 Å². The molecule has 0 unspecified atom stereocenters. The smallest absolute Gasteiger partial charge is 0.200 e. The van der Waals surface area contributed by atoms with E-state index >= 15 is 0 Å². The van der Waals surface area contributed by atoms with Gasteiger partial charge in [-0.2, -0.15) is 0 Å². The molecule has 1 aliphatic heterocycles. The number of ether oxygens (including phenoxy) is 4. The maximum absolute atomic E-state index is 13.1. The number of rotatable bonds is 11. The zero-order valence-corrected chi connectivity index (χ0v) is 21.1. The standard InChI is InChI=1S/C29H34O6/c1-6-9-20(7-2)18-33-27-16-21(10-13-26(27)32-8-3)24(31)19-34-28-22(17-30)11-12-25-23(28)14-15-29(4,5)35-25/h6-7,9-16,30H,8,17-19H2,1-5H3/b9-6-,20-7+. The summed E-state index contributed by atoms with van der Waals surface area (Å²) in [6.07, 6.45) is 9.73. The minimum absolute atomic E-state index is 0.202. The first-order valence-corrected chi connectivity index (χ1v) is 11.8. The molecule has 1 N–H and O–H groups in total. The van der Waals surface area contributed by atoms with Gasteiger partial charge in [0.2, 0.25) is 0 Å². The van der Waals surface area contributed by atoms with Gasteiger partial charge in [0, 0.05) is 11.1 Å². The van der Waals surface area contributed by atoms with Crippen molar-refractivity contribution in [2.75, 3.05) is 19.8 Å². The summed E-state index contributed by atoms with van der Waals surface area (Å²) in [6, 6.07) is 8.67. The average molecular weight is 479 g/mol. The second kappa shape index (κ2) is 11.8. The van der Waals surface area contributed by atoms with Gasteiger partial charge in [0.25, 0.3) is 0 Å². The van der Waals surface area contributed by atoms with E-state index in [-0.39, 0.29) is 19.0 Å². The normalized spacial score (nSPS) is 14.4.